The third-order valence-electron chi connectivity index (χ3n) is 2.48. The highest BCUT2D eigenvalue weighted by atomic mass is 16.8. The normalized spacial score (nSPS) is 12.0. The molecule has 0 spiro atoms. The highest BCUT2D eigenvalue weighted by Crippen LogP contribution is 2.07. The van der Waals surface area contributed by atoms with Gasteiger partial charge in [-0.25, -0.2) is 0 Å². The predicted octanol–water partition coefficient (Wildman–Crippen LogP) is 2.32. The van der Waals surface area contributed by atoms with E-state index in [9.17, 15) is 5.11 Å². The lowest BCUT2D eigenvalue weighted by atomic mass is 10.4. The Morgan fingerprint density at radius 1 is 0.737 bits per heavy atom. The van der Waals surface area contributed by atoms with Crippen LogP contribution in [0.15, 0.2) is 0 Å². The lowest BCUT2D eigenvalue weighted by Crippen LogP contribution is -2.34. The highest BCUT2D eigenvalue weighted by molar-refractivity contribution is 4.45. The van der Waals surface area contributed by atoms with Gasteiger partial charge >= 0.3 is 0 Å². The van der Waals surface area contributed by atoms with Crippen LogP contribution in [-0.2, 0) is 18.9 Å². The summed E-state index contributed by atoms with van der Waals surface area (Å²) in [5, 5.41) is 9.76. The number of hydrogen-bond donors (Lipinski definition) is 1. The molecule has 0 amide bonds. The second kappa shape index (κ2) is 12.8. The van der Waals surface area contributed by atoms with Crippen LogP contribution in [0.5, 0.6) is 0 Å². The molecule has 0 rings (SSSR count). The third-order valence-corrected chi connectivity index (χ3v) is 2.48. The van der Waals surface area contributed by atoms with E-state index in [0.717, 1.165) is 38.9 Å². The van der Waals surface area contributed by atoms with E-state index in [0.29, 0.717) is 26.4 Å². The maximum atomic E-state index is 9.76. The lowest BCUT2D eigenvalue weighted by molar-refractivity contribution is -0.352. The Bertz CT molecular complexity index is 167. The van der Waals surface area contributed by atoms with E-state index in [2.05, 4.69) is 13.8 Å². The molecule has 1 N–H and O–H groups in total. The summed E-state index contributed by atoms with van der Waals surface area (Å²) in [5.74, 6) is -1.57. The van der Waals surface area contributed by atoms with Crippen LogP contribution in [0.3, 0.4) is 0 Å². The number of ether oxygens (including phenoxy) is 4. The standard InChI is InChI=1S/C14H30O5/c1-4-6-8-16-10-12-18-14(3,15)19-13-11-17-9-7-5-2/h15H,4-13H2,1-3H3. The molecule has 0 saturated carbocycles. The molecule has 5 nitrogen and oxygen atoms in total. The van der Waals surface area contributed by atoms with Gasteiger partial charge in [0.25, 0.3) is 5.97 Å². The summed E-state index contributed by atoms with van der Waals surface area (Å²) in [5.41, 5.74) is 0. The molecule has 0 aromatic rings. The van der Waals surface area contributed by atoms with Gasteiger partial charge in [0.05, 0.1) is 26.4 Å². The Hall–Kier alpha value is -0.200. The summed E-state index contributed by atoms with van der Waals surface area (Å²) < 4.78 is 21.0. The molecule has 0 aliphatic carbocycles. The van der Waals surface area contributed by atoms with Crippen molar-refractivity contribution in [1.29, 1.82) is 0 Å². The second-order valence-electron chi connectivity index (χ2n) is 4.53. The van der Waals surface area contributed by atoms with Gasteiger partial charge in [-0.1, -0.05) is 26.7 Å². The smallest absolute Gasteiger partial charge is 0.277 e. The first-order valence-corrected chi connectivity index (χ1v) is 7.28. The fraction of sp³-hybridized carbons (Fsp3) is 1.00. The van der Waals surface area contributed by atoms with Gasteiger partial charge in [-0.05, 0) is 12.8 Å². The molecule has 0 aromatic heterocycles. The van der Waals surface area contributed by atoms with E-state index in [1.54, 1.807) is 0 Å². The maximum Gasteiger partial charge on any atom is 0.277 e. The van der Waals surface area contributed by atoms with Crippen LogP contribution >= 0.6 is 0 Å². The van der Waals surface area contributed by atoms with E-state index in [1.165, 1.54) is 6.92 Å². The fourth-order valence-corrected chi connectivity index (χ4v) is 1.32. The van der Waals surface area contributed by atoms with Crippen molar-refractivity contribution < 1.29 is 24.1 Å². The summed E-state index contributed by atoms with van der Waals surface area (Å²) in [6, 6.07) is 0. The van der Waals surface area contributed by atoms with E-state index >= 15 is 0 Å². The van der Waals surface area contributed by atoms with Crippen LogP contribution in [0.2, 0.25) is 0 Å². The van der Waals surface area contributed by atoms with Crippen molar-refractivity contribution in [3.05, 3.63) is 0 Å². The van der Waals surface area contributed by atoms with Gasteiger partial charge in [0, 0.05) is 20.1 Å². The van der Waals surface area contributed by atoms with Crippen molar-refractivity contribution in [3.63, 3.8) is 0 Å². The van der Waals surface area contributed by atoms with Gasteiger partial charge in [-0.15, -0.1) is 0 Å². The topological polar surface area (TPSA) is 57.2 Å². The lowest BCUT2D eigenvalue weighted by Gasteiger charge is -2.23. The van der Waals surface area contributed by atoms with E-state index in [-0.39, 0.29) is 0 Å². The molecule has 0 atom stereocenters. The molecular formula is C14H30O5. The zero-order valence-electron chi connectivity index (χ0n) is 12.7. The summed E-state index contributed by atoms with van der Waals surface area (Å²) in [6.45, 7) is 8.72. The summed E-state index contributed by atoms with van der Waals surface area (Å²) >= 11 is 0. The molecule has 0 aliphatic heterocycles. The largest absolute Gasteiger partial charge is 0.379 e. The Labute approximate surface area is 117 Å². The van der Waals surface area contributed by atoms with Gasteiger partial charge in [-0.2, -0.15) is 0 Å². The van der Waals surface area contributed by atoms with Crippen molar-refractivity contribution in [2.45, 2.75) is 52.4 Å². The van der Waals surface area contributed by atoms with Crippen LogP contribution in [0.4, 0.5) is 0 Å². The molecule has 0 aliphatic rings. The zero-order valence-corrected chi connectivity index (χ0v) is 12.7. The SMILES string of the molecule is CCCCOCCOC(C)(O)OCCOCCCC. The van der Waals surface area contributed by atoms with Crippen LogP contribution < -0.4 is 0 Å². The monoisotopic (exact) mass is 278 g/mol. The average Bonchev–Trinajstić information content (AvgIpc) is 2.38. The van der Waals surface area contributed by atoms with Crippen LogP contribution in [0, 0.1) is 0 Å². The molecule has 19 heavy (non-hydrogen) atoms. The molecule has 0 unspecified atom stereocenters. The minimum absolute atomic E-state index is 0.313. The van der Waals surface area contributed by atoms with Crippen molar-refractivity contribution in [2.24, 2.45) is 0 Å². The predicted molar refractivity (Wildman–Crippen MR) is 74.0 cm³/mol. The minimum Gasteiger partial charge on any atom is -0.379 e. The van der Waals surface area contributed by atoms with E-state index < -0.39 is 5.97 Å². The molecule has 116 valence electrons. The quantitative estimate of drug-likeness (QED) is 0.390. The fourth-order valence-electron chi connectivity index (χ4n) is 1.32. The number of hydrogen-bond acceptors (Lipinski definition) is 5. The average molecular weight is 278 g/mol. The highest BCUT2D eigenvalue weighted by Gasteiger charge is 2.21. The molecule has 0 aromatic carbocycles. The summed E-state index contributed by atoms with van der Waals surface area (Å²) in [4.78, 5) is 0. The van der Waals surface area contributed by atoms with Crippen molar-refractivity contribution in [2.75, 3.05) is 39.6 Å². The number of rotatable bonds is 14. The van der Waals surface area contributed by atoms with Crippen LogP contribution in [-0.4, -0.2) is 50.7 Å². The Morgan fingerprint density at radius 2 is 1.16 bits per heavy atom. The Morgan fingerprint density at radius 3 is 1.53 bits per heavy atom. The van der Waals surface area contributed by atoms with Gasteiger partial charge in [-0.3, -0.25) is 0 Å². The maximum absolute atomic E-state index is 9.76. The van der Waals surface area contributed by atoms with Gasteiger partial charge in [0.2, 0.25) is 0 Å². The van der Waals surface area contributed by atoms with Crippen molar-refractivity contribution in [3.8, 4) is 0 Å². The van der Waals surface area contributed by atoms with Crippen LogP contribution in [0.1, 0.15) is 46.5 Å². The van der Waals surface area contributed by atoms with Crippen molar-refractivity contribution in [1.82, 2.24) is 0 Å². The molecule has 0 bridgehead atoms. The summed E-state index contributed by atoms with van der Waals surface area (Å²) in [6.07, 6.45) is 4.31. The minimum atomic E-state index is -1.57. The molecule has 0 fully saturated rings. The first-order valence-electron chi connectivity index (χ1n) is 7.28. The van der Waals surface area contributed by atoms with Crippen LogP contribution in [0.25, 0.3) is 0 Å². The molecule has 5 heteroatoms. The van der Waals surface area contributed by atoms with Gasteiger partial charge in [0.15, 0.2) is 0 Å². The molecule has 0 heterocycles. The van der Waals surface area contributed by atoms with Gasteiger partial charge < -0.3 is 24.1 Å². The Kier molecular flexibility index (Phi) is 12.7. The van der Waals surface area contributed by atoms with E-state index in [4.69, 9.17) is 18.9 Å². The molecule has 0 saturated heterocycles. The first kappa shape index (κ1) is 18.8. The summed E-state index contributed by atoms with van der Waals surface area (Å²) in [7, 11) is 0. The third kappa shape index (κ3) is 14.0. The zero-order chi connectivity index (χ0) is 14.4. The number of unbranched alkanes of at least 4 members (excludes halogenated alkanes) is 2. The second-order valence-corrected chi connectivity index (χ2v) is 4.53. The Balaban J connectivity index is 3.36. The van der Waals surface area contributed by atoms with Crippen molar-refractivity contribution >= 4 is 0 Å². The van der Waals surface area contributed by atoms with Gasteiger partial charge in [0.1, 0.15) is 0 Å². The first-order chi connectivity index (χ1) is 9.12. The molecular weight excluding hydrogens is 248 g/mol. The number of aliphatic hydroxyl groups is 1. The molecule has 0 radical (unpaired) electrons. The van der Waals surface area contributed by atoms with E-state index in [1.807, 2.05) is 0 Å².